The molecule has 0 aliphatic heterocycles. The van der Waals surface area contributed by atoms with E-state index in [1.165, 1.54) is 6.07 Å². The zero-order chi connectivity index (χ0) is 17.1. The van der Waals surface area contributed by atoms with Crippen LogP contribution in [0, 0.1) is 0 Å². The number of nitrogens with zero attached hydrogens (tertiary/aromatic N) is 2. The fourth-order valence-electron chi connectivity index (χ4n) is 1.89. The van der Waals surface area contributed by atoms with E-state index in [9.17, 15) is 4.79 Å². The van der Waals surface area contributed by atoms with Gasteiger partial charge in [0, 0.05) is 5.56 Å². The molecule has 0 spiro atoms. The molecule has 0 fully saturated rings. The van der Waals surface area contributed by atoms with E-state index < -0.39 is 5.97 Å². The van der Waals surface area contributed by atoms with Gasteiger partial charge < -0.3 is 19.0 Å². The SMILES string of the molecule is COc1ccc(-c2nc(COC(=O)c3cc(Cl)c(Cl)[nH]3)no2)cc1. The van der Waals surface area contributed by atoms with Crippen LogP contribution in [0.4, 0.5) is 0 Å². The van der Waals surface area contributed by atoms with Gasteiger partial charge in [0.2, 0.25) is 5.82 Å². The Kier molecular flexibility index (Phi) is 4.73. The van der Waals surface area contributed by atoms with Gasteiger partial charge >= 0.3 is 5.97 Å². The summed E-state index contributed by atoms with van der Waals surface area (Å²) < 4.78 is 15.3. The third kappa shape index (κ3) is 3.52. The van der Waals surface area contributed by atoms with Gasteiger partial charge in [-0.25, -0.2) is 4.79 Å². The number of methoxy groups -OCH3 is 1. The van der Waals surface area contributed by atoms with E-state index in [1.807, 2.05) is 0 Å². The summed E-state index contributed by atoms with van der Waals surface area (Å²) in [7, 11) is 1.58. The average molecular weight is 368 g/mol. The number of rotatable bonds is 5. The minimum absolute atomic E-state index is 0.142. The van der Waals surface area contributed by atoms with E-state index in [1.54, 1.807) is 31.4 Å². The second-order valence-electron chi connectivity index (χ2n) is 4.67. The molecule has 3 rings (SSSR count). The highest BCUT2D eigenvalue weighted by Gasteiger charge is 2.15. The van der Waals surface area contributed by atoms with Crippen LogP contribution in [0.1, 0.15) is 16.3 Å². The number of nitrogens with one attached hydrogen (secondary N) is 1. The fraction of sp³-hybridized carbons (Fsp3) is 0.133. The van der Waals surface area contributed by atoms with Crippen LogP contribution in [0.5, 0.6) is 5.75 Å². The minimum atomic E-state index is -0.625. The van der Waals surface area contributed by atoms with Crippen molar-refractivity contribution in [3.8, 4) is 17.2 Å². The number of carbonyl (C=O) groups excluding carboxylic acids is 1. The topological polar surface area (TPSA) is 90.2 Å². The first-order valence-corrected chi connectivity index (χ1v) is 7.50. The van der Waals surface area contributed by atoms with Gasteiger partial charge in [0.05, 0.1) is 12.1 Å². The van der Waals surface area contributed by atoms with Gasteiger partial charge in [-0.15, -0.1) is 0 Å². The lowest BCUT2D eigenvalue weighted by Crippen LogP contribution is -2.06. The summed E-state index contributed by atoms with van der Waals surface area (Å²) in [5.41, 5.74) is 0.868. The number of H-pyrrole nitrogens is 1. The summed E-state index contributed by atoms with van der Waals surface area (Å²) in [5, 5.41) is 4.18. The Hall–Kier alpha value is -2.51. The molecular weight excluding hydrogens is 357 g/mol. The van der Waals surface area contributed by atoms with E-state index in [4.69, 9.17) is 37.2 Å². The molecule has 9 heteroatoms. The molecule has 2 aromatic heterocycles. The Morgan fingerprint density at radius 1 is 1.29 bits per heavy atom. The van der Waals surface area contributed by atoms with Crippen LogP contribution < -0.4 is 4.74 Å². The lowest BCUT2D eigenvalue weighted by molar-refractivity contribution is 0.0453. The first-order valence-electron chi connectivity index (χ1n) is 6.75. The van der Waals surface area contributed by atoms with Crippen LogP contribution in [0.25, 0.3) is 11.5 Å². The second kappa shape index (κ2) is 6.94. The molecule has 0 radical (unpaired) electrons. The number of ether oxygens (including phenoxy) is 2. The molecule has 1 aromatic carbocycles. The lowest BCUT2D eigenvalue weighted by Gasteiger charge is -1.99. The minimum Gasteiger partial charge on any atom is -0.497 e. The largest absolute Gasteiger partial charge is 0.497 e. The number of hydrogen-bond donors (Lipinski definition) is 1. The van der Waals surface area contributed by atoms with E-state index in [2.05, 4.69) is 15.1 Å². The predicted molar refractivity (Wildman–Crippen MR) is 86.2 cm³/mol. The highest BCUT2D eigenvalue weighted by molar-refractivity contribution is 6.41. The van der Waals surface area contributed by atoms with Gasteiger partial charge in [0.25, 0.3) is 5.89 Å². The molecule has 0 atom stereocenters. The molecule has 0 unspecified atom stereocenters. The highest BCUT2D eigenvalue weighted by atomic mass is 35.5. The highest BCUT2D eigenvalue weighted by Crippen LogP contribution is 2.23. The molecule has 0 aliphatic carbocycles. The first kappa shape index (κ1) is 16.4. The second-order valence-corrected chi connectivity index (χ2v) is 5.45. The molecule has 0 bridgehead atoms. The van der Waals surface area contributed by atoms with Crippen LogP contribution in [0.3, 0.4) is 0 Å². The van der Waals surface area contributed by atoms with E-state index in [0.29, 0.717) is 5.89 Å². The van der Waals surface area contributed by atoms with Gasteiger partial charge in [0.15, 0.2) is 6.61 Å². The molecule has 24 heavy (non-hydrogen) atoms. The van der Waals surface area contributed by atoms with E-state index in [0.717, 1.165) is 11.3 Å². The number of carbonyl (C=O) groups is 1. The molecular formula is C15H11Cl2N3O4. The van der Waals surface area contributed by atoms with Gasteiger partial charge in [-0.3, -0.25) is 0 Å². The van der Waals surface area contributed by atoms with Crippen molar-refractivity contribution in [2.24, 2.45) is 0 Å². The maximum atomic E-state index is 11.9. The Morgan fingerprint density at radius 3 is 2.67 bits per heavy atom. The number of benzene rings is 1. The Labute approximate surface area is 146 Å². The fourth-order valence-corrected chi connectivity index (χ4v) is 2.20. The van der Waals surface area contributed by atoms with Crippen molar-refractivity contribution < 1.29 is 18.8 Å². The summed E-state index contributed by atoms with van der Waals surface area (Å²) >= 11 is 11.5. The summed E-state index contributed by atoms with van der Waals surface area (Å²) in [6.07, 6.45) is 0. The summed E-state index contributed by atoms with van der Waals surface area (Å²) in [6, 6.07) is 8.50. The van der Waals surface area contributed by atoms with Crippen LogP contribution in [-0.2, 0) is 11.3 Å². The monoisotopic (exact) mass is 367 g/mol. The maximum Gasteiger partial charge on any atom is 0.355 e. The van der Waals surface area contributed by atoms with Crippen molar-refractivity contribution in [2.45, 2.75) is 6.61 Å². The number of halogens is 2. The van der Waals surface area contributed by atoms with Crippen molar-refractivity contribution in [3.63, 3.8) is 0 Å². The molecule has 0 saturated carbocycles. The van der Waals surface area contributed by atoms with Gasteiger partial charge in [-0.05, 0) is 30.3 Å². The van der Waals surface area contributed by atoms with Crippen molar-refractivity contribution in [1.29, 1.82) is 0 Å². The van der Waals surface area contributed by atoms with Crippen molar-refractivity contribution in [2.75, 3.05) is 7.11 Å². The van der Waals surface area contributed by atoms with Crippen LogP contribution in [-0.4, -0.2) is 28.2 Å². The van der Waals surface area contributed by atoms with E-state index in [-0.39, 0.29) is 28.3 Å². The molecule has 2 heterocycles. The van der Waals surface area contributed by atoms with Crippen molar-refractivity contribution in [1.82, 2.24) is 15.1 Å². The molecule has 3 aromatic rings. The molecule has 0 aliphatic rings. The van der Waals surface area contributed by atoms with Crippen LogP contribution >= 0.6 is 23.2 Å². The molecule has 124 valence electrons. The summed E-state index contributed by atoms with van der Waals surface area (Å²) in [5.74, 6) is 0.642. The lowest BCUT2D eigenvalue weighted by atomic mass is 10.2. The number of aromatic amines is 1. The smallest absolute Gasteiger partial charge is 0.355 e. The van der Waals surface area contributed by atoms with E-state index >= 15 is 0 Å². The molecule has 7 nitrogen and oxygen atoms in total. The third-order valence-corrected chi connectivity index (χ3v) is 3.78. The summed E-state index contributed by atoms with van der Waals surface area (Å²) in [6.45, 7) is -0.146. The Morgan fingerprint density at radius 2 is 2.04 bits per heavy atom. The van der Waals surface area contributed by atoms with Crippen molar-refractivity contribution >= 4 is 29.2 Å². The first-order chi connectivity index (χ1) is 11.6. The Balaban J connectivity index is 1.64. The number of esters is 1. The van der Waals surface area contributed by atoms with Crippen LogP contribution in [0.15, 0.2) is 34.9 Å². The number of aromatic nitrogens is 3. The normalized spacial score (nSPS) is 10.6. The van der Waals surface area contributed by atoms with Crippen LogP contribution in [0.2, 0.25) is 10.2 Å². The van der Waals surface area contributed by atoms with Gasteiger partial charge in [0.1, 0.15) is 16.6 Å². The number of hydrogen-bond acceptors (Lipinski definition) is 6. The Bertz CT molecular complexity index is 838. The molecule has 1 N–H and O–H groups in total. The zero-order valence-corrected chi connectivity index (χ0v) is 13.9. The van der Waals surface area contributed by atoms with Crippen molar-refractivity contribution in [3.05, 3.63) is 52.0 Å². The average Bonchev–Trinajstić information content (AvgIpc) is 3.20. The predicted octanol–water partition coefficient (Wildman–Crippen LogP) is 3.74. The zero-order valence-electron chi connectivity index (χ0n) is 12.4. The summed E-state index contributed by atoms with van der Waals surface area (Å²) in [4.78, 5) is 18.6. The standard InChI is InChI=1S/C15H11Cl2N3O4/c1-22-9-4-2-8(3-5-9)14-19-12(20-24-14)7-23-15(21)11-6-10(16)13(17)18-11/h2-6,18H,7H2,1H3. The quantitative estimate of drug-likeness (QED) is 0.690. The van der Waals surface area contributed by atoms with Gasteiger partial charge in [-0.1, -0.05) is 28.4 Å². The maximum absolute atomic E-state index is 11.9. The third-order valence-electron chi connectivity index (χ3n) is 3.08. The molecule has 0 amide bonds. The molecule has 0 saturated heterocycles. The van der Waals surface area contributed by atoms with Gasteiger partial charge in [-0.2, -0.15) is 4.98 Å².